The van der Waals surface area contributed by atoms with Crippen LogP contribution in [0.3, 0.4) is 0 Å². The molecular formula is C24H22F3N3O4S2. The highest BCUT2D eigenvalue weighted by atomic mass is 32.2. The Balaban J connectivity index is 1.33. The molecule has 0 radical (unpaired) electrons. The summed E-state index contributed by atoms with van der Waals surface area (Å²) in [6.45, 7) is 0.539. The Morgan fingerprint density at radius 1 is 0.861 bits per heavy atom. The Kier molecular flexibility index (Phi) is 7.48. The van der Waals surface area contributed by atoms with E-state index in [2.05, 4.69) is 5.32 Å². The van der Waals surface area contributed by atoms with Crippen LogP contribution in [-0.2, 0) is 22.7 Å². The number of sulfonamides is 1. The monoisotopic (exact) mass is 537 g/mol. The molecule has 3 aromatic rings. The molecule has 12 heteroatoms. The number of benzene rings is 2. The lowest BCUT2D eigenvalue weighted by molar-refractivity contribution is -0.137. The molecule has 36 heavy (non-hydrogen) atoms. The first-order valence-electron chi connectivity index (χ1n) is 10.9. The second-order valence-electron chi connectivity index (χ2n) is 8.04. The van der Waals surface area contributed by atoms with Gasteiger partial charge in [0.1, 0.15) is 4.21 Å². The minimum Gasteiger partial charge on any atom is -0.347 e. The van der Waals surface area contributed by atoms with Gasteiger partial charge < -0.3 is 10.2 Å². The molecule has 1 N–H and O–H groups in total. The first-order chi connectivity index (χ1) is 17.1. The first kappa shape index (κ1) is 25.9. The molecule has 190 valence electrons. The zero-order valence-electron chi connectivity index (χ0n) is 18.9. The van der Waals surface area contributed by atoms with Gasteiger partial charge in [-0.2, -0.15) is 17.5 Å². The molecule has 0 bridgehead atoms. The molecule has 4 rings (SSSR count). The molecule has 1 aliphatic heterocycles. The van der Waals surface area contributed by atoms with Crippen LogP contribution in [0.1, 0.15) is 31.2 Å². The number of nitrogens with one attached hydrogen (secondary N) is 1. The fraction of sp³-hybridized carbons (Fsp3) is 0.250. The third-order valence-corrected chi connectivity index (χ3v) is 9.13. The van der Waals surface area contributed by atoms with E-state index < -0.39 is 27.7 Å². The maximum absolute atomic E-state index is 13.1. The standard InChI is InChI=1S/C24H22F3N3O4S2/c25-24(26,27)19-8-6-18(7-9-19)23(32)29-12-14-30(15-13-29)36(33,34)21-11-10-20(35-21)16-28-22(31)17-4-2-1-3-5-17/h1-11H,12-16H2,(H,28,31). The predicted molar refractivity (Wildman–Crippen MR) is 128 cm³/mol. The highest BCUT2D eigenvalue weighted by Crippen LogP contribution is 2.30. The number of halogens is 3. The highest BCUT2D eigenvalue weighted by molar-refractivity contribution is 7.91. The molecule has 1 aromatic heterocycles. The second kappa shape index (κ2) is 10.4. The summed E-state index contributed by atoms with van der Waals surface area (Å²) < 4.78 is 65.8. The molecule has 0 aliphatic carbocycles. The van der Waals surface area contributed by atoms with Gasteiger partial charge in [-0.25, -0.2) is 8.42 Å². The van der Waals surface area contributed by atoms with Crippen LogP contribution >= 0.6 is 11.3 Å². The smallest absolute Gasteiger partial charge is 0.347 e. The van der Waals surface area contributed by atoms with Crippen molar-refractivity contribution in [1.29, 1.82) is 0 Å². The summed E-state index contributed by atoms with van der Waals surface area (Å²) in [6.07, 6.45) is -4.49. The fourth-order valence-corrected chi connectivity index (χ4v) is 6.57. The molecule has 7 nitrogen and oxygen atoms in total. The molecule has 0 unspecified atom stereocenters. The van der Waals surface area contributed by atoms with Gasteiger partial charge in [0.25, 0.3) is 21.8 Å². The van der Waals surface area contributed by atoms with Crippen molar-refractivity contribution in [1.82, 2.24) is 14.5 Å². The van der Waals surface area contributed by atoms with Gasteiger partial charge in [0.15, 0.2) is 0 Å². The summed E-state index contributed by atoms with van der Waals surface area (Å²) >= 11 is 1.06. The fourth-order valence-electron chi connectivity index (χ4n) is 3.69. The van der Waals surface area contributed by atoms with Crippen LogP contribution in [0.15, 0.2) is 70.9 Å². The number of amides is 2. The number of alkyl halides is 3. The van der Waals surface area contributed by atoms with Gasteiger partial charge in [-0.1, -0.05) is 18.2 Å². The Morgan fingerprint density at radius 2 is 1.50 bits per heavy atom. The minimum atomic E-state index is -4.49. The average molecular weight is 538 g/mol. The molecule has 0 saturated carbocycles. The van der Waals surface area contributed by atoms with Gasteiger partial charge >= 0.3 is 6.18 Å². The lowest BCUT2D eigenvalue weighted by Crippen LogP contribution is -2.50. The summed E-state index contributed by atoms with van der Waals surface area (Å²) in [7, 11) is -3.79. The topological polar surface area (TPSA) is 86.8 Å². The van der Waals surface area contributed by atoms with Crippen LogP contribution in [-0.4, -0.2) is 55.6 Å². The number of carbonyl (C=O) groups excluding carboxylic acids is 2. The molecular weight excluding hydrogens is 515 g/mol. The average Bonchev–Trinajstić information content (AvgIpc) is 3.37. The maximum atomic E-state index is 13.1. The minimum absolute atomic E-state index is 0.0622. The summed E-state index contributed by atoms with van der Waals surface area (Å²) in [4.78, 5) is 27.0. The molecule has 1 saturated heterocycles. The van der Waals surface area contributed by atoms with Crippen molar-refractivity contribution in [2.24, 2.45) is 0 Å². The molecule has 2 aromatic carbocycles. The molecule has 2 amide bonds. The molecule has 2 heterocycles. The van der Waals surface area contributed by atoms with E-state index in [0.29, 0.717) is 10.4 Å². The van der Waals surface area contributed by atoms with Crippen molar-refractivity contribution in [2.45, 2.75) is 16.9 Å². The van der Waals surface area contributed by atoms with Crippen LogP contribution in [0.5, 0.6) is 0 Å². The lowest BCUT2D eigenvalue weighted by Gasteiger charge is -2.33. The molecule has 1 fully saturated rings. The SMILES string of the molecule is O=C(NCc1ccc(S(=O)(=O)N2CCN(C(=O)c3ccc(C(F)(F)F)cc3)CC2)s1)c1ccccc1. The van der Waals surface area contributed by atoms with E-state index in [0.717, 1.165) is 35.6 Å². The van der Waals surface area contributed by atoms with Gasteiger partial charge in [0.2, 0.25) is 0 Å². The third kappa shape index (κ3) is 5.77. The highest BCUT2D eigenvalue weighted by Gasteiger charge is 2.33. The largest absolute Gasteiger partial charge is 0.416 e. The van der Waals surface area contributed by atoms with E-state index in [1.54, 1.807) is 36.4 Å². The van der Waals surface area contributed by atoms with Crippen molar-refractivity contribution in [3.63, 3.8) is 0 Å². The van der Waals surface area contributed by atoms with Crippen LogP contribution in [0, 0.1) is 0 Å². The normalized spacial score (nSPS) is 15.0. The maximum Gasteiger partial charge on any atom is 0.416 e. The first-order valence-corrected chi connectivity index (χ1v) is 13.2. The summed E-state index contributed by atoms with van der Waals surface area (Å²) in [5.41, 5.74) is -0.227. The number of carbonyl (C=O) groups is 2. The second-order valence-corrected chi connectivity index (χ2v) is 11.4. The Labute approximate surface area is 210 Å². The molecule has 0 atom stereocenters. The summed E-state index contributed by atoms with van der Waals surface area (Å²) in [5.74, 6) is -0.712. The summed E-state index contributed by atoms with van der Waals surface area (Å²) in [6, 6.07) is 15.8. The van der Waals surface area contributed by atoms with E-state index in [1.165, 1.54) is 15.3 Å². The van der Waals surface area contributed by atoms with Gasteiger partial charge in [-0.15, -0.1) is 11.3 Å². The van der Waals surface area contributed by atoms with Crippen molar-refractivity contribution in [2.75, 3.05) is 26.2 Å². The molecule has 1 aliphatic rings. The van der Waals surface area contributed by atoms with Crippen molar-refractivity contribution >= 4 is 33.2 Å². The Morgan fingerprint density at radius 3 is 2.11 bits per heavy atom. The van der Waals surface area contributed by atoms with E-state index in [-0.39, 0.29) is 48.4 Å². The van der Waals surface area contributed by atoms with E-state index in [1.807, 2.05) is 0 Å². The third-order valence-electron chi connectivity index (χ3n) is 5.68. The van der Waals surface area contributed by atoms with Crippen molar-refractivity contribution in [3.8, 4) is 0 Å². The quantitative estimate of drug-likeness (QED) is 0.518. The van der Waals surface area contributed by atoms with Gasteiger partial charge in [-0.05, 0) is 48.5 Å². The predicted octanol–water partition coefficient (Wildman–Crippen LogP) is 3.84. The van der Waals surface area contributed by atoms with Crippen LogP contribution in [0.4, 0.5) is 13.2 Å². The van der Waals surface area contributed by atoms with Gasteiger partial charge in [0.05, 0.1) is 12.1 Å². The van der Waals surface area contributed by atoms with Crippen molar-refractivity contribution < 1.29 is 31.2 Å². The van der Waals surface area contributed by atoms with Crippen LogP contribution in [0.25, 0.3) is 0 Å². The molecule has 0 spiro atoms. The zero-order chi connectivity index (χ0) is 25.9. The number of thiophene rings is 1. The number of piperazine rings is 1. The number of nitrogens with zero attached hydrogens (tertiary/aromatic N) is 2. The zero-order valence-corrected chi connectivity index (χ0v) is 20.5. The van der Waals surface area contributed by atoms with Gasteiger partial charge in [-0.3, -0.25) is 9.59 Å². The number of hydrogen-bond acceptors (Lipinski definition) is 5. The lowest BCUT2D eigenvalue weighted by atomic mass is 10.1. The van der Waals surface area contributed by atoms with Gasteiger partial charge in [0, 0.05) is 42.2 Å². The van der Waals surface area contributed by atoms with Crippen LogP contribution in [0.2, 0.25) is 0 Å². The van der Waals surface area contributed by atoms with E-state index in [4.69, 9.17) is 0 Å². The van der Waals surface area contributed by atoms with E-state index >= 15 is 0 Å². The van der Waals surface area contributed by atoms with Crippen LogP contribution < -0.4 is 5.32 Å². The number of rotatable bonds is 6. The Hall–Kier alpha value is -3.22. The number of hydrogen-bond donors (Lipinski definition) is 1. The van der Waals surface area contributed by atoms with Crippen molar-refractivity contribution in [3.05, 3.63) is 88.3 Å². The Bertz CT molecular complexity index is 1330. The van der Waals surface area contributed by atoms with E-state index in [9.17, 15) is 31.2 Å². The summed E-state index contributed by atoms with van der Waals surface area (Å²) in [5, 5.41) is 2.76.